The van der Waals surface area contributed by atoms with Crippen LogP contribution in [0.25, 0.3) is 0 Å². The molecule has 0 saturated heterocycles. The molecule has 0 aliphatic carbocycles. The van der Waals surface area contributed by atoms with Gasteiger partial charge < -0.3 is 15.5 Å². The number of likely N-dealkylation sites (N-methyl/N-ethyl adjacent to an activating group) is 1. The first-order valence-corrected chi connectivity index (χ1v) is 9.31. The lowest BCUT2D eigenvalue weighted by molar-refractivity contribution is 0.331. The highest BCUT2D eigenvalue weighted by molar-refractivity contribution is 7.98. The van der Waals surface area contributed by atoms with E-state index in [-0.39, 0.29) is 0 Å². The van der Waals surface area contributed by atoms with E-state index >= 15 is 0 Å². The Hall–Kier alpha value is -1.20. The van der Waals surface area contributed by atoms with Crippen molar-refractivity contribution in [1.29, 1.82) is 0 Å². The lowest BCUT2D eigenvalue weighted by atomic mass is 10.2. The summed E-state index contributed by atoms with van der Waals surface area (Å²) < 4.78 is 0. The fraction of sp³-hybridized carbons (Fsp3) is 0.588. The van der Waals surface area contributed by atoms with Crippen molar-refractivity contribution < 1.29 is 0 Å². The van der Waals surface area contributed by atoms with E-state index < -0.39 is 0 Å². The second-order valence-corrected chi connectivity index (χ2v) is 6.33. The lowest BCUT2D eigenvalue weighted by Gasteiger charge is -2.18. The van der Waals surface area contributed by atoms with E-state index in [1.54, 1.807) is 0 Å². The third kappa shape index (κ3) is 8.95. The highest BCUT2D eigenvalue weighted by Gasteiger charge is 2.01. The molecule has 4 nitrogen and oxygen atoms in total. The van der Waals surface area contributed by atoms with Gasteiger partial charge in [-0.1, -0.05) is 30.3 Å². The van der Waals surface area contributed by atoms with Crippen LogP contribution in [0, 0.1) is 0 Å². The highest BCUT2D eigenvalue weighted by atomic mass is 32.2. The van der Waals surface area contributed by atoms with Crippen molar-refractivity contribution in [3.05, 3.63) is 35.9 Å². The van der Waals surface area contributed by atoms with E-state index in [0.29, 0.717) is 0 Å². The minimum absolute atomic E-state index is 0.897. The van der Waals surface area contributed by atoms with Crippen LogP contribution >= 0.6 is 11.8 Å². The number of thioether (sulfide) groups is 1. The van der Waals surface area contributed by atoms with Crippen LogP contribution in [0.5, 0.6) is 0 Å². The summed E-state index contributed by atoms with van der Waals surface area (Å²) in [5.74, 6) is 2.13. The number of unbranched alkanes of at least 4 members (excludes halogenated alkanes) is 1. The molecule has 0 bridgehead atoms. The Morgan fingerprint density at radius 1 is 1.14 bits per heavy atom. The van der Waals surface area contributed by atoms with Gasteiger partial charge in [-0.2, -0.15) is 11.8 Å². The van der Waals surface area contributed by atoms with Crippen LogP contribution in [0.15, 0.2) is 35.3 Å². The summed E-state index contributed by atoms with van der Waals surface area (Å²) in [5, 5.41) is 6.73. The van der Waals surface area contributed by atoms with Gasteiger partial charge in [0, 0.05) is 33.2 Å². The molecule has 0 amide bonds. The second-order valence-electron chi connectivity index (χ2n) is 5.35. The molecule has 1 rings (SSSR count). The monoisotopic (exact) mass is 322 g/mol. The summed E-state index contributed by atoms with van der Waals surface area (Å²) in [4.78, 5) is 6.57. The van der Waals surface area contributed by atoms with Gasteiger partial charge in [0.15, 0.2) is 5.96 Å². The molecular formula is C17H30N4S. The van der Waals surface area contributed by atoms with Crippen molar-refractivity contribution in [1.82, 2.24) is 15.5 Å². The molecule has 0 aliphatic rings. The van der Waals surface area contributed by atoms with Crippen LogP contribution in [0.3, 0.4) is 0 Å². The largest absolute Gasteiger partial charge is 0.356 e. The van der Waals surface area contributed by atoms with E-state index in [1.807, 2.05) is 18.8 Å². The van der Waals surface area contributed by atoms with Gasteiger partial charge in [-0.3, -0.25) is 4.99 Å². The van der Waals surface area contributed by atoms with Crippen LogP contribution in [-0.4, -0.2) is 56.6 Å². The SMILES string of the molecule is CN=C(NCCCCSC)NCCN(C)Cc1ccccc1. The molecule has 5 heteroatoms. The molecule has 0 radical (unpaired) electrons. The minimum atomic E-state index is 0.897. The maximum atomic E-state index is 4.26. The standard InChI is InChI=1S/C17H30N4S/c1-18-17(19-11-7-8-14-22-3)20-12-13-21(2)15-16-9-5-4-6-10-16/h4-6,9-10H,7-8,11-15H2,1-3H3,(H2,18,19,20). The van der Waals surface area contributed by atoms with Crippen molar-refractivity contribution in [2.45, 2.75) is 19.4 Å². The second kappa shape index (κ2) is 12.4. The molecule has 22 heavy (non-hydrogen) atoms. The molecule has 1 aromatic rings. The molecule has 0 spiro atoms. The zero-order chi connectivity index (χ0) is 16.0. The number of nitrogens with one attached hydrogen (secondary N) is 2. The first kappa shape index (κ1) is 18.8. The van der Waals surface area contributed by atoms with Crippen LogP contribution < -0.4 is 10.6 Å². The summed E-state index contributed by atoms with van der Waals surface area (Å²) >= 11 is 1.90. The molecular weight excluding hydrogens is 292 g/mol. The van der Waals surface area contributed by atoms with Crippen LogP contribution in [0.2, 0.25) is 0 Å². The number of hydrogen-bond acceptors (Lipinski definition) is 3. The van der Waals surface area contributed by atoms with Gasteiger partial charge in [0.25, 0.3) is 0 Å². The Labute approximate surface area is 139 Å². The molecule has 1 aromatic carbocycles. The van der Waals surface area contributed by atoms with Crippen molar-refractivity contribution in [2.75, 3.05) is 45.7 Å². The fourth-order valence-electron chi connectivity index (χ4n) is 2.14. The Kier molecular flexibility index (Phi) is 10.6. The number of hydrogen-bond donors (Lipinski definition) is 2. The number of rotatable bonds is 10. The lowest BCUT2D eigenvalue weighted by Crippen LogP contribution is -2.41. The zero-order valence-corrected chi connectivity index (χ0v) is 15.0. The molecule has 0 aliphatic heterocycles. The van der Waals surface area contributed by atoms with Crippen molar-refractivity contribution in [3.63, 3.8) is 0 Å². The third-order valence-electron chi connectivity index (χ3n) is 3.37. The highest BCUT2D eigenvalue weighted by Crippen LogP contribution is 2.01. The Morgan fingerprint density at radius 3 is 2.55 bits per heavy atom. The molecule has 124 valence electrons. The number of benzene rings is 1. The minimum Gasteiger partial charge on any atom is -0.356 e. The quantitative estimate of drug-likeness (QED) is 0.394. The van der Waals surface area contributed by atoms with Gasteiger partial charge in [-0.15, -0.1) is 0 Å². The zero-order valence-electron chi connectivity index (χ0n) is 14.1. The summed E-state index contributed by atoms with van der Waals surface area (Å²) in [5.41, 5.74) is 1.35. The van der Waals surface area contributed by atoms with Crippen LogP contribution in [-0.2, 0) is 6.54 Å². The molecule has 0 atom stereocenters. The first-order chi connectivity index (χ1) is 10.8. The summed E-state index contributed by atoms with van der Waals surface area (Å²) in [6.45, 7) is 3.85. The Bertz CT molecular complexity index is 408. The smallest absolute Gasteiger partial charge is 0.191 e. The third-order valence-corrected chi connectivity index (χ3v) is 4.07. The van der Waals surface area contributed by atoms with Crippen molar-refractivity contribution >= 4 is 17.7 Å². The maximum Gasteiger partial charge on any atom is 0.191 e. The van der Waals surface area contributed by atoms with Gasteiger partial charge in [-0.25, -0.2) is 0 Å². The Morgan fingerprint density at radius 2 is 1.86 bits per heavy atom. The number of nitrogens with zero attached hydrogens (tertiary/aromatic N) is 2. The van der Waals surface area contributed by atoms with Gasteiger partial charge in [0.2, 0.25) is 0 Å². The number of aliphatic imine (C=N–C) groups is 1. The molecule has 0 heterocycles. The average Bonchev–Trinajstić information content (AvgIpc) is 2.54. The predicted molar refractivity (Wildman–Crippen MR) is 99.8 cm³/mol. The summed E-state index contributed by atoms with van der Waals surface area (Å²) in [7, 11) is 3.97. The van der Waals surface area contributed by atoms with E-state index in [2.05, 4.69) is 64.2 Å². The van der Waals surface area contributed by atoms with E-state index in [1.165, 1.54) is 24.2 Å². The predicted octanol–water partition coefficient (Wildman–Crippen LogP) is 2.43. The van der Waals surface area contributed by atoms with Gasteiger partial charge in [-0.05, 0) is 37.5 Å². The molecule has 0 unspecified atom stereocenters. The first-order valence-electron chi connectivity index (χ1n) is 7.92. The normalized spacial score (nSPS) is 11.7. The molecule has 0 aromatic heterocycles. The van der Waals surface area contributed by atoms with Crippen LogP contribution in [0.4, 0.5) is 0 Å². The van der Waals surface area contributed by atoms with Crippen molar-refractivity contribution in [3.8, 4) is 0 Å². The van der Waals surface area contributed by atoms with E-state index in [0.717, 1.165) is 32.1 Å². The molecule has 0 saturated carbocycles. The molecule has 0 fully saturated rings. The van der Waals surface area contributed by atoms with Gasteiger partial charge in [0.05, 0.1) is 0 Å². The topological polar surface area (TPSA) is 39.7 Å². The maximum absolute atomic E-state index is 4.26. The van der Waals surface area contributed by atoms with Gasteiger partial charge >= 0.3 is 0 Å². The van der Waals surface area contributed by atoms with E-state index in [4.69, 9.17) is 0 Å². The van der Waals surface area contributed by atoms with Crippen molar-refractivity contribution in [2.24, 2.45) is 4.99 Å². The molecule has 2 N–H and O–H groups in total. The summed E-state index contributed by atoms with van der Waals surface area (Å²) in [6.07, 6.45) is 4.60. The van der Waals surface area contributed by atoms with Gasteiger partial charge in [0.1, 0.15) is 0 Å². The van der Waals surface area contributed by atoms with E-state index in [9.17, 15) is 0 Å². The number of guanidine groups is 1. The Balaban J connectivity index is 2.13. The summed E-state index contributed by atoms with van der Waals surface area (Å²) in [6, 6.07) is 10.6. The fourth-order valence-corrected chi connectivity index (χ4v) is 2.63. The average molecular weight is 323 g/mol. The van der Waals surface area contributed by atoms with Crippen LogP contribution in [0.1, 0.15) is 18.4 Å².